The molecule has 0 aliphatic carbocycles. The molecule has 2 aliphatic heterocycles. The molecule has 2 N–H and O–H groups in total. The van der Waals surface area contributed by atoms with Gasteiger partial charge in [0.15, 0.2) is 5.79 Å². The van der Waals surface area contributed by atoms with E-state index in [1.54, 1.807) is 0 Å². The van der Waals surface area contributed by atoms with Crippen molar-refractivity contribution in [2.24, 2.45) is 0 Å². The molecule has 2 fully saturated rings. The lowest BCUT2D eigenvalue weighted by atomic mass is 10.2. The Bertz CT molecular complexity index is 277. The van der Waals surface area contributed by atoms with Gasteiger partial charge in [0, 0.05) is 19.6 Å². The van der Waals surface area contributed by atoms with Gasteiger partial charge in [0.05, 0.1) is 13.2 Å². The van der Waals surface area contributed by atoms with Crippen LogP contribution in [0.2, 0.25) is 0 Å². The van der Waals surface area contributed by atoms with Gasteiger partial charge >= 0.3 is 0 Å². The van der Waals surface area contributed by atoms with Crippen molar-refractivity contribution >= 4 is 5.91 Å². The zero-order chi connectivity index (χ0) is 12.3. The highest BCUT2D eigenvalue weighted by molar-refractivity contribution is 5.81. The van der Waals surface area contributed by atoms with Gasteiger partial charge in [0.1, 0.15) is 12.2 Å². The third-order valence-corrected chi connectivity index (χ3v) is 2.79. The summed E-state index contributed by atoms with van der Waals surface area (Å²) in [7, 11) is 0. The third-order valence-electron chi connectivity index (χ3n) is 2.79. The van der Waals surface area contributed by atoms with Crippen molar-refractivity contribution in [2.45, 2.75) is 31.8 Å². The Kier molecular flexibility index (Phi) is 3.98. The van der Waals surface area contributed by atoms with Gasteiger partial charge in [0.25, 0.3) is 5.91 Å². The van der Waals surface area contributed by atoms with E-state index in [-0.39, 0.29) is 18.1 Å². The molecule has 17 heavy (non-hydrogen) atoms. The van der Waals surface area contributed by atoms with Crippen LogP contribution in [0.1, 0.15) is 13.8 Å². The number of amides is 1. The fraction of sp³-hybridized carbons (Fsp3) is 0.909. The molecule has 2 unspecified atom stereocenters. The molecule has 0 spiro atoms. The van der Waals surface area contributed by atoms with Gasteiger partial charge in [-0.2, -0.15) is 0 Å². The number of carbonyl (C=O) groups excluding carboxylic acids is 1. The van der Waals surface area contributed by atoms with E-state index in [9.17, 15) is 4.79 Å². The Labute approximate surface area is 101 Å². The molecule has 98 valence electrons. The molecule has 0 radical (unpaired) electrons. The number of rotatable bonds is 3. The van der Waals surface area contributed by atoms with E-state index in [1.807, 2.05) is 13.8 Å². The second-order valence-electron chi connectivity index (χ2n) is 4.76. The quantitative estimate of drug-likeness (QED) is 0.683. The van der Waals surface area contributed by atoms with E-state index in [4.69, 9.17) is 14.2 Å². The van der Waals surface area contributed by atoms with Gasteiger partial charge in [-0.05, 0) is 13.8 Å². The van der Waals surface area contributed by atoms with E-state index < -0.39 is 5.79 Å². The Balaban J connectivity index is 1.69. The van der Waals surface area contributed by atoms with Crippen molar-refractivity contribution in [1.29, 1.82) is 0 Å². The van der Waals surface area contributed by atoms with Crippen LogP contribution < -0.4 is 10.6 Å². The summed E-state index contributed by atoms with van der Waals surface area (Å²) in [5.41, 5.74) is 0. The molecule has 6 nitrogen and oxygen atoms in total. The summed E-state index contributed by atoms with van der Waals surface area (Å²) in [5.74, 6) is -0.635. The van der Waals surface area contributed by atoms with Gasteiger partial charge < -0.3 is 24.8 Å². The molecule has 6 heteroatoms. The van der Waals surface area contributed by atoms with Crippen molar-refractivity contribution in [3.63, 3.8) is 0 Å². The Hall–Kier alpha value is -0.690. The number of carbonyl (C=O) groups is 1. The normalized spacial score (nSPS) is 32.4. The van der Waals surface area contributed by atoms with E-state index in [1.165, 1.54) is 0 Å². The summed E-state index contributed by atoms with van der Waals surface area (Å²) in [6, 6.07) is 0. The minimum absolute atomic E-state index is 0.0782. The highest BCUT2D eigenvalue weighted by Crippen LogP contribution is 2.21. The molecule has 2 rings (SSSR count). The topological polar surface area (TPSA) is 68.8 Å². The van der Waals surface area contributed by atoms with Gasteiger partial charge in [-0.25, -0.2) is 0 Å². The molecule has 1 amide bonds. The zero-order valence-electron chi connectivity index (χ0n) is 10.3. The minimum Gasteiger partial charge on any atom is -0.366 e. The Morgan fingerprint density at radius 1 is 1.53 bits per heavy atom. The molecular formula is C11H20N2O4. The summed E-state index contributed by atoms with van der Waals surface area (Å²) in [6.07, 6.45) is -0.468. The van der Waals surface area contributed by atoms with Crippen LogP contribution >= 0.6 is 0 Å². The van der Waals surface area contributed by atoms with E-state index in [0.717, 1.165) is 6.54 Å². The van der Waals surface area contributed by atoms with Gasteiger partial charge in [-0.1, -0.05) is 0 Å². The van der Waals surface area contributed by atoms with Crippen LogP contribution in [0.4, 0.5) is 0 Å². The van der Waals surface area contributed by atoms with Crippen molar-refractivity contribution in [1.82, 2.24) is 10.6 Å². The predicted molar refractivity (Wildman–Crippen MR) is 60.5 cm³/mol. The largest absolute Gasteiger partial charge is 0.366 e. The maximum Gasteiger partial charge on any atom is 0.250 e. The standard InChI is InChI=1S/C11H20N2O4/c1-11(2)16-7-8(17-11)5-13-10(14)9-6-12-3-4-15-9/h8-9,12H,3-7H2,1-2H3,(H,13,14). The monoisotopic (exact) mass is 244 g/mol. The van der Waals surface area contributed by atoms with Crippen molar-refractivity contribution in [3.05, 3.63) is 0 Å². The Morgan fingerprint density at radius 3 is 2.94 bits per heavy atom. The number of nitrogens with one attached hydrogen (secondary N) is 2. The van der Waals surface area contributed by atoms with Gasteiger partial charge in [0.2, 0.25) is 0 Å². The molecule has 0 saturated carbocycles. The first kappa shape index (κ1) is 12.8. The highest BCUT2D eigenvalue weighted by atomic mass is 16.7. The minimum atomic E-state index is -0.543. The predicted octanol–water partition coefficient (Wildman–Crippen LogP) is -0.757. The average molecular weight is 244 g/mol. The Morgan fingerprint density at radius 2 is 2.35 bits per heavy atom. The first-order valence-corrected chi connectivity index (χ1v) is 5.99. The van der Waals surface area contributed by atoms with Crippen molar-refractivity contribution in [3.8, 4) is 0 Å². The van der Waals surface area contributed by atoms with Gasteiger partial charge in [-0.15, -0.1) is 0 Å². The molecule has 2 aliphatic rings. The molecule has 0 bridgehead atoms. The number of ether oxygens (including phenoxy) is 3. The molecule has 0 aromatic rings. The number of morpholine rings is 1. The summed E-state index contributed by atoms with van der Waals surface area (Å²) in [6.45, 7) is 6.65. The van der Waals surface area contributed by atoms with Gasteiger partial charge in [-0.3, -0.25) is 4.79 Å². The first-order chi connectivity index (χ1) is 8.07. The molecule has 0 aromatic carbocycles. The first-order valence-electron chi connectivity index (χ1n) is 5.99. The van der Waals surface area contributed by atoms with Crippen LogP contribution in [0.15, 0.2) is 0 Å². The lowest BCUT2D eigenvalue weighted by molar-refractivity contribution is -0.142. The lowest BCUT2D eigenvalue weighted by Gasteiger charge is -2.23. The van der Waals surface area contributed by atoms with Crippen LogP contribution in [-0.2, 0) is 19.0 Å². The van der Waals surface area contributed by atoms with Crippen LogP contribution in [0.5, 0.6) is 0 Å². The zero-order valence-corrected chi connectivity index (χ0v) is 10.3. The molecule has 2 heterocycles. The fourth-order valence-electron chi connectivity index (χ4n) is 1.93. The van der Waals surface area contributed by atoms with Crippen LogP contribution in [0.3, 0.4) is 0 Å². The van der Waals surface area contributed by atoms with Crippen molar-refractivity contribution in [2.75, 3.05) is 32.8 Å². The van der Waals surface area contributed by atoms with Crippen LogP contribution in [0, 0.1) is 0 Å². The van der Waals surface area contributed by atoms with E-state index in [2.05, 4.69) is 10.6 Å². The molecule has 0 aromatic heterocycles. The third kappa shape index (κ3) is 3.64. The maximum absolute atomic E-state index is 11.7. The molecule has 2 saturated heterocycles. The summed E-state index contributed by atoms with van der Waals surface area (Å²) in [4.78, 5) is 11.7. The maximum atomic E-state index is 11.7. The number of hydrogen-bond acceptors (Lipinski definition) is 5. The molecule has 2 atom stereocenters. The summed E-state index contributed by atoms with van der Waals surface area (Å²) in [5, 5.41) is 5.94. The average Bonchev–Trinajstić information content (AvgIpc) is 2.67. The van der Waals surface area contributed by atoms with Crippen LogP contribution in [0.25, 0.3) is 0 Å². The highest BCUT2D eigenvalue weighted by Gasteiger charge is 2.33. The second-order valence-corrected chi connectivity index (χ2v) is 4.76. The smallest absolute Gasteiger partial charge is 0.250 e. The molecular weight excluding hydrogens is 224 g/mol. The lowest BCUT2D eigenvalue weighted by Crippen LogP contribution is -2.49. The SMILES string of the molecule is CC1(C)OCC(CNC(=O)C2CNCCO2)O1. The summed E-state index contributed by atoms with van der Waals surface area (Å²) >= 11 is 0. The number of hydrogen-bond donors (Lipinski definition) is 2. The summed E-state index contributed by atoms with van der Waals surface area (Å²) < 4.78 is 16.4. The van der Waals surface area contributed by atoms with E-state index in [0.29, 0.717) is 26.3 Å². The fourth-order valence-corrected chi connectivity index (χ4v) is 1.93. The van der Waals surface area contributed by atoms with E-state index >= 15 is 0 Å². The van der Waals surface area contributed by atoms with Crippen molar-refractivity contribution < 1.29 is 19.0 Å². The second kappa shape index (κ2) is 5.30. The van der Waals surface area contributed by atoms with Crippen LogP contribution in [-0.4, -0.2) is 56.8 Å².